The van der Waals surface area contributed by atoms with Crippen molar-refractivity contribution in [1.29, 1.82) is 0 Å². The van der Waals surface area contributed by atoms with E-state index in [1.807, 2.05) is 51.1 Å². The molecule has 30 heavy (non-hydrogen) atoms. The number of nitrogens with zero attached hydrogens (tertiary/aromatic N) is 2. The summed E-state index contributed by atoms with van der Waals surface area (Å²) >= 11 is 0. The van der Waals surface area contributed by atoms with Crippen molar-refractivity contribution in [3.8, 4) is 5.75 Å². The van der Waals surface area contributed by atoms with E-state index in [1.165, 1.54) is 0 Å². The van der Waals surface area contributed by atoms with E-state index in [-0.39, 0.29) is 24.3 Å². The Labute approximate surface area is 176 Å². The van der Waals surface area contributed by atoms with E-state index >= 15 is 0 Å². The van der Waals surface area contributed by atoms with Crippen LogP contribution >= 0.6 is 0 Å². The second-order valence-corrected chi connectivity index (χ2v) is 8.15. The lowest BCUT2D eigenvalue weighted by molar-refractivity contribution is -0.123. The van der Waals surface area contributed by atoms with Gasteiger partial charge in [-0.1, -0.05) is 6.07 Å². The number of rotatable bonds is 4. The molecular weight excluding hydrogens is 378 g/mol. The van der Waals surface area contributed by atoms with Gasteiger partial charge in [-0.25, -0.2) is 0 Å². The fourth-order valence-corrected chi connectivity index (χ4v) is 4.20. The zero-order valence-electron chi connectivity index (χ0n) is 17.9. The maximum atomic E-state index is 13.4. The molecule has 0 spiro atoms. The van der Waals surface area contributed by atoms with E-state index in [0.717, 1.165) is 47.4 Å². The monoisotopic (exact) mass is 405 g/mol. The average Bonchev–Trinajstić information content (AvgIpc) is 3.13. The van der Waals surface area contributed by atoms with E-state index in [9.17, 15) is 9.59 Å². The molecule has 1 saturated carbocycles. The molecule has 0 bridgehead atoms. The van der Waals surface area contributed by atoms with Gasteiger partial charge in [-0.2, -0.15) is 0 Å². The Balaban J connectivity index is 1.67. The van der Waals surface area contributed by atoms with Gasteiger partial charge in [-0.05, 0) is 81.0 Å². The quantitative estimate of drug-likeness (QED) is 0.815. The van der Waals surface area contributed by atoms with E-state index in [2.05, 4.69) is 5.32 Å². The highest BCUT2D eigenvalue weighted by Crippen LogP contribution is 2.39. The van der Waals surface area contributed by atoms with Crippen molar-refractivity contribution in [2.45, 2.75) is 40.0 Å². The molecule has 2 aliphatic rings. The van der Waals surface area contributed by atoms with Crippen LogP contribution in [0.25, 0.3) is 0 Å². The highest BCUT2D eigenvalue weighted by atomic mass is 16.5. The molecule has 1 N–H and O–H groups in total. The van der Waals surface area contributed by atoms with Gasteiger partial charge < -0.3 is 15.0 Å². The summed E-state index contributed by atoms with van der Waals surface area (Å²) in [4.78, 5) is 32.8. The number of aryl methyl sites for hydroxylation is 3. The van der Waals surface area contributed by atoms with E-state index in [4.69, 9.17) is 9.73 Å². The van der Waals surface area contributed by atoms with Gasteiger partial charge in [0.05, 0.1) is 30.1 Å². The fraction of sp³-hybridized carbons (Fsp3) is 0.375. The Kier molecular flexibility index (Phi) is 5.33. The number of hydrogen-bond acceptors (Lipinski definition) is 4. The summed E-state index contributed by atoms with van der Waals surface area (Å²) in [7, 11) is 1.57. The third kappa shape index (κ3) is 3.70. The molecule has 0 aromatic heterocycles. The van der Waals surface area contributed by atoms with Crippen LogP contribution in [0.15, 0.2) is 35.3 Å². The molecular formula is C24H27N3O3. The van der Waals surface area contributed by atoms with Crippen LogP contribution in [0.1, 0.15) is 36.0 Å². The van der Waals surface area contributed by atoms with Gasteiger partial charge in [0.25, 0.3) is 0 Å². The Hall–Kier alpha value is -3.15. The van der Waals surface area contributed by atoms with Crippen molar-refractivity contribution in [1.82, 2.24) is 0 Å². The maximum Gasteiger partial charge on any atom is 0.244 e. The number of anilines is 2. The lowest BCUT2D eigenvalue weighted by Gasteiger charge is -2.25. The van der Waals surface area contributed by atoms with Gasteiger partial charge in [0.2, 0.25) is 11.8 Å². The van der Waals surface area contributed by atoms with Crippen molar-refractivity contribution in [3.05, 3.63) is 47.0 Å². The molecule has 1 aliphatic heterocycles. The summed E-state index contributed by atoms with van der Waals surface area (Å²) in [5, 5.41) is 2.91. The molecule has 4 rings (SSSR count). The molecule has 6 heteroatoms. The number of carbonyl (C=O) groups is 2. The fourth-order valence-electron chi connectivity index (χ4n) is 4.20. The summed E-state index contributed by atoms with van der Waals surface area (Å²) in [5.41, 5.74) is 6.21. The Morgan fingerprint density at radius 1 is 1.20 bits per heavy atom. The van der Waals surface area contributed by atoms with Crippen LogP contribution < -0.4 is 15.0 Å². The van der Waals surface area contributed by atoms with Gasteiger partial charge in [-0.3, -0.25) is 14.6 Å². The van der Waals surface area contributed by atoms with Crippen molar-refractivity contribution in [3.63, 3.8) is 0 Å². The number of carbonyl (C=O) groups excluding carboxylic acids is 2. The molecule has 0 unspecified atom stereocenters. The number of fused-ring (bicyclic) bond motifs is 2. The number of aliphatic imine (C=N–C) groups is 1. The van der Waals surface area contributed by atoms with Crippen molar-refractivity contribution >= 4 is 34.6 Å². The Morgan fingerprint density at radius 2 is 1.97 bits per heavy atom. The molecule has 6 nitrogen and oxygen atoms in total. The molecule has 2 aromatic carbocycles. The SMILES string of the molecule is COc1ccc(C)cc1NC(=O)CN1C(=O)[C@@H]2CCCC2=Nc2cc(C)c(C)cc21. The minimum absolute atomic E-state index is 0.0420. The zero-order chi connectivity index (χ0) is 21.4. The van der Waals surface area contributed by atoms with Crippen LogP contribution in [-0.4, -0.2) is 31.2 Å². The minimum Gasteiger partial charge on any atom is -0.495 e. The summed E-state index contributed by atoms with van der Waals surface area (Å²) in [6.45, 7) is 5.93. The van der Waals surface area contributed by atoms with Crippen molar-refractivity contribution < 1.29 is 14.3 Å². The predicted molar refractivity (Wildman–Crippen MR) is 119 cm³/mol. The number of methoxy groups -OCH3 is 1. The van der Waals surface area contributed by atoms with Gasteiger partial charge in [0.15, 0.2) is 0 Å². The Morgan fingerprint density at radius 3 is 2.73 bits per heavy atom. The molecule has 1 atom stereocenters. The molecule has 1 fully saturated rings. The van der Waals surface area contributed by atoms with Crippen molar-refractivity contribution in [2.24, 2.45) is 10.9 Å². The standard InChI is InChI=1S/C24H27N3O3/c1-14-8-9-22(30-4)20(10-14)26-23(28)13-27-21-12-16(3)15(2)11-19(21)25-18-7-5-6-17(18)24(27)29/h8-12,17H,5-7,13H2,1-4H3,(H,26,28)/t17-/m1/s1. The zero-order valence-corrected chi connectivity index (χ0v) is 17.9. The van der Waals surface area contributed by atoms with E-state index in [0.29, 0.717) is 17.1 Å². The van der Waals surface area contributed by atoms with Gasteiger partial charge in [0, 0.05) is 5.71 Å². The van der Waals surface area contributed by atoms with Crippen LogP contribution in [0.4, 0.5) is 17.1 Å². The molecule has 0 saturated heterocycles. The lowest BCUT2D eigenvalue weighted by atomic mass is 10.0. The summed E-state index contributed by atoms with van der Waals surface area (Å²) in [6, 6.07) is 9.59. The number of benzene rings is 2. The maximum absolute atomic E-state index is 13.4. The molecule has 2 aromatic rings. The molecule has 0 radical (unpaired) electrons. The predicted octanol–water partition coefficient (Wildman–Crippen LogP) is 4.48. The number of amides is 2. The largest absolute Gasteiger partial charge is 0.495 e. The van der Waals surface area contributed by atoms with Crippen molar-refractivity contribution in [2.75, 3.05) is 23.9 Å². The molecule has 1 heterocycles. The first kappa shape index (κ1) is 20.1. The van der Waals surface area contributed by atoms with E-state index < -0.39 is 0 Å². The van der Waals surface area contributed by atoms with E-state index in [1.54, 1.807) is 12.0 Å². The average molecular weight is 405 g/mol. The normalized spacial score (nSPS) is 17.7. The lowest BCUT2D eigenvalue weighted by Crippen LogP contribution is -2.42. The third-order valence-electron chi connectivity index (χ3n) is 5.97. The van der Waals surface area contributed by atoms with Gasteiger partial charge in [0.1, 0.15) is 12.3 Å². The molecule has 2 amide bonds. The number of hydrogen-bond donors (Lipinski definition) is 1. The number of ether oxygens (including phenoxy) is 1. The first-order valence-corrected chi connectivity index (χ1v) is 10.3. The van der Waals surface area contributed by atoms with Crippen LogP contribution in [0.3, 0.4) is 0 Å². The topological polar surface area (TPSA) is 71.0 Å². The highest BCUT2D eigenvalue weighted by molar-refractivity contribution is 6.17. The molecule has 156 valence electrons. The summed E-state index contributed by atoms with van der Waals surface area (Å²) < 4.78 is 5.36. The molecule has 1 aliphatic carbocycles. The number of nitrogens with one attached hydrogen (secondary N) is 1. The first-order chi connectivity index (χ1) is 14.4. The van der Waals surface area contributed by atoms with Gasteiger partial charge >= 0.3 is 0 Å². The Bertz CT molecular complexity index is 1060. The highest BCUT2D eigenvalue weighted by Gasteiger charge is 2.37. The van der Waals surface area contributed by atoms with Crippen LogP contribution in [0, 0.1) is 26.7 Å². The van der Waals surface area contributed by atoms with Crippen LogP contribution in [0.5, 0.6) is 5.75 Å². The second kappa shape index (κ2) is 7.94. The third-order valence-corrected chi connectivity index (χ3v) is 5.97. The smallest absolute Gasteiger partial charge is 0.244 e. The van der Waals surface area contributed by atoms with Crippen LogP contribution in [-0.2, 0) is 9.59 Å². The summed E-state index contributed by atoms with van der Waals surface area (Å²) in [5.74, 6) is 0.0428. The first-order valence-electron chi connectivity index (χ1n) is 10.3. The second-order valence-electron chi connectivity index (χ2n) is 8.15. The summed E-state index contributed by atoms with van der Waals surface area (Å²) in [6.07, 6.45) is 2.58. The van der Waals surface area contributed by atoms with Crippen LogP contribution in [0.2, 0.25) is 0 Å². The van der Waals surface area contributed by atoms with Gasteiger partial charge in [-0.15, -0.1) is 0 Å². The minimum atomic E-state index is -0.266.